The van der Waals surface area contributed by atoms with Crippen LogP contribution in [0.1, 0.15) is 23.3 Å². The van der Waals surface area contributed by atoms with Gasteiger partial charge in [-0.25, -0.2) is 9.37 Å². The molecule has 3 heterocycles. The highest BCUT2D eigenvalue weighted by atomic mass is 19.1. The number of carbonyl (C=O) groups is 2. The molecular formula is C17H17FN4O2. The van der Waals surface area contributed by atoms with E-state index in [0.717, 1.165) is 12.8 Å². The van der Waals surface area contributed by atoms with Gasteiger partial charge in [-0.3, -0.25) is 14.2 Å². The number of aromatic nitrogens is 2. The van der Waals surface area contributed by atoms with Gasteiger partial charge in [0.05, 0.1) is 24.5 Å². The maximum atomic E-state index is 13.1. The first kappa shape index (κ1) is 14.9. The van der Waals surface area contributed by atoms with Crippen molar-refractivity contribution in [2.24, 2.45) is 5.92 Å². The van der Waals surface area contributed by atoms with Gasteiger partial charge >= 0.3 is 0 Å². The Balaban J connectivity index is 1.65. The molecule has 2 aromatic rings. The number of piperidine rings is 1. The molecule has 124 valence electrons. The first-order valence-electron chi connectivity index (χ1n) is 8.02. The summed E-state index contributed by atoms with van der Waals surface area (Å²) in [6.45, 7) is 1.13. The van der Waals surface area contributed by atoms with Crippen molar-refractivity contribution >= 4 is 11.8 Å². The molecule has 2 amide bonds. The maximum absolute atomic E-state index is 13.1. The molecule has 1 N–H and O–H groups in total. The van der Waals surface area contributed by atoms with E-state index < -0.39 is 0 Å². The van der Waals surface area contributed by atoms with E-state index in [1.165, 1.54) is 18.3 Å². The van der Waals surface area contributed by atoms with Crippen LogP contribution in [-0.4, -0.2) is 45.4 Å². The smallest absolute Gasteiger partial charge is 0.272 e. The number of amides is 2. The van der Waals surface area contributed by atoms with Crippen molar-refractivity contribution in [1.29, 1.82) is 0 Å². The molecule has 4 rings (SSSR count). The Hall–Kier alpha value is -2.70. The summed E-state index contributed by atoms with van der Waals surface area (Å²) in [6.07, 6.45) is 4.68. The summed E-state index contributed by atoms with van der Waals surface area (Å²) in [6, 6.07) is 5.80. The van der Waals surface area contributed by atoms with Crippen molar-refractivity contribution in [2.45, 2.75) is 18.9 Å². The monoisotopic (exact) mass is 328 g/mol. The fourth-order valence-electron chi connectivity index (χ4n) is 3.61. The fourth-order valence-corrected chi connectivity index (χ4v) is 3.61. The predicted molar refractivity (Wildman–Crippen MR) is 84.1 cm³/mol. The lowest BCUT2D eigenvalue weighted by molar-refractivity contribution is -0.123. The fraction of sp³-hybridized carbons (Fsp3) is 0.353. The normalized spacial score (nSPS) is 23.0. The quantitative estimate of drug-likeness (QED) is 0.905. The number of carbonyl (C=O) groups excluding carboxylic acids is 2. The zero-order valence-electron chi connectivity index (χ0n) is 13.0. The van der Waals surface area contributed by atoms with Crippen molar-refractivity contribution in [2.75, 3.05) is 13.1 Å². The molecule has 2 fully saturated rings. The Morgan fingerprint density at radius 1 is 1.29 bits per heavy atom. The average molecular weight is 328 g/mol. The van der Waals surface area contributed by atoms with Crippen molar-refractivity contribution in [3.8, 4) is 5.69 Å². The number of rotatable bonds is 2. The summed E-state index contributed by atoms with van der Waals surface area (Å²) in [7, 11) is 0. The van der Waals surface area contributed by atoms with Crippen molar-refractivity contribution < 1.29 is 14.0 Å². The summed E-state index contributed by atoms with van der Waals surface area (Å²) in [5.41, 5.74) is 1.09. The second-order valence-electron chi connectivity index (χ2n) is 6.19. The number of likely N-dealkylation sites (tertiary alicyclic amines) is 1. The molecule has 0 spiro atoms. The zero-order chi connectivity index (χ0) is 16.7. The largest absolute Gasteiger partial charge is 0.354 e. The van der Waals surface area contributed by atoms with E-state index in [2.05, 4.69) is 10.3 Å². The standard InChI is InChI=1S/C17H17FN4O2/c18-11-3-5-12(6-4-11)22-10-19-8-15(22)17(24)21-7-1-2-13-14(21)9-20-16(13)23/h3-6,8,10,13-14H,1-2,7,9H2,(H,20,23)/t13-,14-/m1/s1. The van der Waals surface area contributed by atoms with E-state index in [9.17, 15) is 14.0 Å². The minimum atomic E-state index is -0.332. The Morgan fingerprint density at radius 3 is 2.88 bits per heavy atom. The van der Waals surface area contributed by atoms with Crippen molar-refractivity contribution in [1.82, 2.24) is 19.8 Å². The first-order chi connectivity index (χ1) is 11.6. The van der Waals surface area contributed by atoms with Crippen LogP contribution >= 0.6 is 0 Å². The number of halogens is 1. The third-order valence-corrected chi connectivity index (χ3v) is 4.82. The topological polar surface area (TPSA) is 67.2 Å². The molecule has 0 radical (unpaired) electrons. The van der Waals surface area contributed by atoms with Crippen molar-refractivity contribution in [3.63, 3.8) is 0 Å². The molecule has 0 aliphatic carbocycles. The summed E-state index contributed by atoms with van der Waals surface area (Å²) in [5.74, 6) is -0.571. The lowest BCUT2D eigenvalue weighted by atomic mass is 9.91. The summed E-state index contributed by atoms with van der Waals surface area (Å²) >= 11 is 0. The molecule has 0 saturated carbocycles. The molecule has 2 aliphatic heterocycles. The lowest BCUT2D eigenvalue weighted by Crippen LogP contribution is -2.49. The molecule has 2 saturated heterocycles. The molecule has 6 nitrogen and oxygen atoms in total. The van der Waals surface area contributed by atoms with Gasteiger partial charge in [0.15, 0.2) is 0 Å². The Kier molecular flexibility index (Phi) is 3.55. The second kappa shape index (κ2) is 5.74. The number of benzene rings is 1. The van der Waals surface area contributed by atoms with E-state index in [1.54, 1.807) is 27.9 Å². The third-order valence-electron chi connectivity index (χ3n) is 4.82. The average Bonchev–Trinajstić information content (AvgIpc) is 3.22. The minimum Gasteiger partial charge on any atom is -0.354 e. The molecule has 24 heavy (non-hydrogen) atoms. The number of nitrogens with zero attached hydrogens (tertiary/aromatic N) is 3. The highest BCUT2D eigenvalue weighted by molar-refractivity contribution is 5.94. The van der Waals surface area contributed by atoms with Crippen LogP contribution in [-0.2, 0) is 4.79 Å². The highest BCUT2D eigenvalue weighted by Crippen LogP contribution is 2.29. The van der Waals surface area contributed by atoms with Crippen LogP contribution in [0, 0.1) is 11.7 Å². The van der Waals surface area contributed by atoms with E-state index in [4.69, 9.17) is 0 Å². The van der Waals surface area contributed by atoms with Gasteiger partial charge in [-0.15, -0.1) is 0 Å². The van der Waals surface area contributed by atoms with Gasteiger partial charge in [-0.05, 0) is 37.1 Å². The molecule has 1 aromatic carbocycles. The van der Waals surface area contributed by atoms with Crippen molar-refractivity contribution in [3.05, 3.63) is 48.3 Å². The number of hydrogen-bond donors (Lipinski definition) is 1. The summed E-state index contributed by atoms with van der Waals surface area (Å²) in [5, 5.41) is 2.85. The van der Waals surface area contributed by atoms with E-state index in [-0.39, 0.29) is 29.6 Å². The van der Waals surface area contributed by atoms with Crippen LogP contribution in [0.3, 0.4) is 0 Å². The first-order valence-corrected chi connectivity index (χ1v) is 8.02. The molecule has 7 heteroatoms. The third kappa shape index (κ3) is 2.36. The molecule has 0 bridgehead atoms. The number of nitrogens with one attached hydrogen (secondary N) is 1. The van der Waals surface area contributed by atoms with Gasteiger partial charge in [0.1, 0.15) is 11.5 Å². The van der Waals surface area contributed by atoms with E-state index in [1.807, 2.05) is 0 Å². The lowest BCUT2D eigenvalue weighted by Gasteiger charge is -2.35. The van der Waals surface area contributed by atoms with Crippen LogP contribution in [0.2, 0.25) is 0 Å². The van der Waals surface area contributed by atoms with Gasteiger partial charge in [0.25, 0.3) is 5.91 Å². The molecule has 2 atom stereocenters. The minimum absolute atomic E-state index is 0.0320. The van der Waals surface area contributed by atoms with Gasteiger partial charge in [-0.1, -0.05) is 0 Å². The van der Waals surface area contributed by atoms with E-state index >= 15 is 0 Å². The Labute approximate surface area is 138 Å². The maximum Gasteiger partial charge on any atom is 0.272 e. The van der Waals surface area contributed by atoms with Crippen LogP contribution in [0.5, 0.6) is 0 Å². The molecule has 1 aromatic heterocycles. The highest BCUT2D eigenvalue weighted by Gasteiger charge is 2.43. The van der Waals surface area contributed by atoms with Crippen LogP contribution < -0.4 is 5.32 Å². The Morgan fingerprint density at radius 2 is 2.08 bits per heavy atom. The zero-order valence-corrected chi connectivity index (χ0v) is 13.0. The molecular weight excluding hydrogens is 311 g/mol. The second-order valence-corrected chi connectivity index (χ2v) is 6.19. The summed E-state index contributed by atoms with van der Waals surface area (Å²) in [4.78, 5) is 30.7. The Bertz CT molecular complexity index is 786. The van der Waals surface area contributed by atoms with E-state index in [0.29, 0.717) is 24.5 Å². The number of hydrogen-bond acceptors (Lipinski definition) is 3. The van der Waals surface area contributed by atoms with Gasteiger partial charge < -0.3 is 10.2 Å². The number of fused-ring (bicyclic) bond motifs is 1. The van der Waals surface area contributed by atoms with Crippen LogP contribution in [0.15, 0.2) is 36.8 Å². The van der Waals surface area contributed by atoms with Crippen LogP contribution in [0.4, 0.5) is 4.39 Å². The van der Waals surface area contributed by atoms with Crippen LogP contribution in [0.25, 0.3) is 5.69 Å². The molecule has 2 aliphatic rings. The molecule has 0 unspecified atom stereocenters. The van der Waals surface area contributed by atoms with Gasteiger partial charge in [-0.2, -0.15) is 0 Å². The summed E-state index contributed by atoms with van der Waals surface area (Å²) < 4.78 is 14.8. The number of imidazole rings is 1. The SMILES string of the molecule is O=C1NC[C@@H]2[C@H]1CCCN2C(=O)c1cncn1-c1ccc(F)cc1. The van der Waals surface area contributed by atoms with Gasteiger partial charge in [0, 0.05) is 18.8 Å². The van der Waals surface area contributed by atoms with Gasteiger partial charge in [0.2, 0.25) is 5.91 Å². The predicted octanol–water partition coefficient (Wildman–Crippen LogP) is 1.36.